The molecule has 0 aliphatic rings. The van der Waals surface area contributed by atoms with E-state index in [4.69, 9.17) is 19.9 Å². The smallest absolute Gasteiger partial charge is 0.214 e. The van der Waals surface area contributed by atoms with Crippen LogP contribution in [0.2, 0.25) is 6.55 Å². The molecule has 0 unspecified atom stereocenters. The predicted octanol–water partition coefficient (Wildman–Crippen LogP) is 7.03. The van der Waals surface area contributed by atoms with Gasteiger partial charge in [-0.05, 0) is 79.3 Å². The SMILES string of the molecule is Cc1ccc2oc3ccc([Si](C)(Cl)c4ccc5oc6ccc(C)cc6c5c4)cc3c2c1. The molecule has 0 radical (unpaired) electrons. The summed E-state index contributed by atoms with van der Waals surface area (Å²) >= 11 is 7.36. The third-order valence-corrected chi connectivity index (χ3v) is 10.4. The van der Waals surface area contributed by atoms with Crippen molar-refractivity contribution in [2.24, 2.45) is 0 Å². The Morgan fingerprint density at radius 3 is 1.32 bits per heavy atom. The van der Waals surface area contributed by atoms with Crippen LogP contribution in [0.25, 0.3) is 43.9 Å². The van der Waals surface area contributed by atoms with Crippen molar-refractivity contribution in [1.29, 1.82) is 0 Å². The van der Waals surface area contributed by atoms with Crippen molar-refractivity contribution in [3.05, 3.63) is 83.9 Å². The van der Waals surface area contributed by atoms with Crippen LogP contribution in [0.3, 0.4) is 0 Å². The summed E-state index contributed by atoms with van der Waals surface area (Å²) < 4.78 is 12.1. The summed E-state index contributed by atoms with van der Waals surface area (Å²) in [4.78, 5) is 0. The summed E-state index contributed by atoms with van der Waals surface area (Å²) in [5, 5.41) is 6.89. The molecule has 0 saturated carbocycles. The van der Waals surface area contributed by atoms with E-state index in [1.54, 1.807) is 0 Å². The molecule has 2 nitrogen and oxygen atoms in total. The lowest BCUT2D eigenvalue weighted by Gasteiger charge is -2.21. The van der Waals surface area contributed by atoms with E-state index >= 15 is 0 Å². The van der Waals surface area contributed by atoms with E-state index in [9.17, 15) is 0 Å². The highest BCUT2D eigenvalue weighted by Gasteiger charge is 2.31. The van der Waals surface area contributed by atoms with Crippen molar-refractivity contribution in [1.82, 2.24) is 0 Å². The Labute approximate surface area is 185 Å². The lowest BCUT2D eigenvalue weighted by Crippen LogP contribution is -2.50. The summed E-state index contributed by atoms with van der Waals surface area (Å²) in [7, 11) is -2.45. The van der Waals surface area contributed by atoms with Crippen molar-refractivity contribution in [2.75, 3.05) is 0 Å². The second kappa shape index (κ2) is 6.49. The van der Waals surface area contributed by atoms with Crippen LogP contribution in [0, 0.1) is 13.8 Å². The van der Waals surface area contributed by atoms with Crippen molar-refractivity contribution >= 4 is 72.7 Å². The zero-order chi connectivity index (χ0) is 21.3. The van der Waals surface area contributed by atoms with Gasteiger partial charge in [0.25, 0.3) is 0 Å². The summed E-state index contributed by atoms with van der Waals surface area (Å²) in [6.07, 6.45) is 0. The van der Waals surface area contributed by atoms with Gasteiger partial charge in [-0.3, -0.25) is 0 Å². The molecule has 6 rings (SSSR count). The van der Waals surface area contributed by atoms with Gasteiger partial charge in [-0.2, -0.15) is 11.1 Å². The third kappa shape index (κ3) is 2.84. The highest BCUT2D eigenvalue weighted by Crippen LogP contribution is 2.31. The fourth-order valence-corrected chi connectivity index (χ4v) is 7.20. The Kier molecular flexibility index (Phi) is 3.92. The second-order valence-electron chi connectivity index (χ2n) is 8.63. The Bertz CT molecular complexity index is 1520. The van der Waals surface area contributed by atoms with Gasteiger partial charge in [0.15, 0.2) is 0 Å². The minimum Gasteiger partial charge on any atom is -0.456 e. The molecular weight excluding hydrogens is 420 g/mol. The third-order valence-electron chi connectivity index (χ3n) is 6.33. The maximum Gasteiger partial charge on any atom is 0.214 e. The molecule has 4 heteroatoms. The minimum absolute atomic E-state index is 0.901. The Morgan fingerprint density at radius 1 is 0.548 bits per heavy atom. The van der Waals surface area contributed by atoms with Crippen LogP contribution in [-0.2, 0) is 0 Å². The van der Waals surface area contributed by atoms with Crippen LogP contribution in [0.1, 0.15) is 11.1 Å². The van der Waals surface area contributed by atoms with E-state index < -0.39 is 7.38 Å². The molecule has 0 aliphatic carbocycles. The molecule has 0 amide bonds. The van der Waals surface area contributed by atoms with Crippen LogP contribution in [-0.4, -0.2) is 7.38 Å². The molecule has 0 atom stereocenters. The normalized spacial score (nSPS) is 12.5. The molecule has 0 aliphatic heterocycles. The molecule has 6 aromatic rings. The molecule has 2 aromatic heterocycles. The molecule has 152 valence electrons. The van der Waals surface area contributed by atoms with Gasteiger partial charge >= 0.3 is 0 Å². The van der Waals surface area contributed by atoms with Crippen LogP contribution in [0.5, 0.6) is 0 Å². The zero-order valence-electron chi connectivity index (χ0n) is 17.6. The number of fused-ring (bicyclic) bond motifs is 6. The molecule has 0 saturated heterocycles. The first-order chi connectivity index (χ1) is 14.9. The van der Waals surface area contributed by atoms with Crippen LogP contribution in [0.4, 0.5) is 0 Å². The van der Waals surface area contributed by atoms with E-state index in [2.05, 4.69) is 81.1 Å². The molecule has 0 bridgehead atoms. The van der Waals surface area contributed by atoms with Gasteiger partial charge in [-0.1, -0.05) is 35.4 Å². The Balaban J connectivity index is 1.54. The zero-order valence-corrected chi connectivity index (χ0v) is 19.4. The highest BCUT2D eigenvalue weighted by molar-refractivity contribution is 7.33. The second-order valence-corrected chi connectivity index (χ2v) is 14.1. The standard InChI is InChI=1S/C27H21ClO2Si/c1-16-4-8-24-20(12-16)22-14-18(6-10-26(22)29-24)31(3,28)19-7-11-27-23(15-19)21-13-17(2)5-9-25(21)30-27/h4-15H,1-3H3. The molecule has 2 heterocycles. The van der Waals surface area contributed by atoms with E-state index in [0.717, 1.165) is 43.9 Å². The number of benzene rings is 4. The number of aryl methyl sites for hydroxylation is 2. The first-order valence-corrected chi connectivity index (χ1v) is 14.0. The van der Waals surface area contributed by atoms with Gasteiger partial charge in [-0.15, -0.1) is 0 Å². The van der Waals surface area contributed by atoms with Gasteiger partial charge in [0.1, 0.15) is 22.3 Å². The molecule has 31 heavy (non-hydrogen) atoms. The van der Waals surface area contributed by atoms with E-state index in [0.29, 0.717) is 0 Å². The largest absolute Gasteiger partial charge is 0.456 e. The summed E-state index contributed by atoms with van der Waals surface area (Å²) in [6, 6.07) is 25.4. The summed E-state index contributed by atoms with van der Waals surface area (Å²) in [6.45, 7) is 6.40. The van der Waals surface area contributed by atoms with Crippen molar-refractivity contribution in [3.8, 4) is 0 Å². The van der Waals surface area contributed by atoms with Gasteiger partial charge in [0, 0.05) is 21.5 Å². The first kappa shape index (κ1) is 18.7. The van der Waals surface area contributed by atoms with E-state index in [1.807, 2.05) is 12.1 Å². The molecule has 4 aromatic carbocycles. The van der Waals surface area contributed by atoms with Gasteiger partial charge in [0.2, 0.25) is 7.38 Å². The van der Waals surface area contributed by atoms with Gasteiger partial charge in [0.05, 0.1) is 0 Å². The maximum atomic E-state index is 7.36. The first-order valence-electron chi connectivity index (χ1n) is 10.5. The number of halogens is 1. The van der Waals surface area contributed by atoms with Crippen LogP contribution in [0.15, 0.2) is 81.6 Å². The van der Waals surface area contributed by atoms with Crippen molar-refractivity contribution in [2.45, 2.75) is 20.4 Å². The van der Waals surface area contributed by atoms with Gasteiger partial charge in [-0.25, -0.2) is 0 Å². The van der Waals surface area contributed by atoms with Crippen molar-refractivity contribution < 1.29 is 8.83 Å². The molecule has 0 N–H and O–H groups in total. The lowest BCUT2D eigenvalue weighted by atomic mass is 10.1. The summed E-state index contributed by atoms with van der Waals surface area (Å²) in [5.41, 5.74) is 6.07. The average molecular weight is 441 g/mol. The monoisotopic (exact) mass is 440 g/mol. The summed E-state index contributed by atoms with van der Waals surface area (Å²) in [5.74, 6) is 0. The molecular formula is C27H21ClO2Si. The van der Waals surface area contributed by atoms with Crippen LogP contribution < -0.4 is 10.4 Å². The van der Waals surface area contributed by atoms with E-state index in [1.165, 1.54) is 21.5 Å². The fourth-order valence-electron chi connectivity index (χ4n) is 4.53. The van der Waals surface area contributed by atoms with Crippen LogP contribution >= 0.6 is 11.1 Å². The van der Waals surface area contributed by atoms with E-state index in [-0.39, 0.29) is 0 Å². The highest BCUT2D eigenvalue weighted by atomic mass is 35.6. The maximum absolute atomic E-state index is 7.36. The van der Waals surface area contributed by atoms with Crippen molar-refractivity contribution in [3.63, 3.8) is 0 Å². The fraction of sp³-hybridized carbons (Fsp3) is 0.111. The number of hydrogen-bond donors (Lipinski definition) is 0. The number of furan rings is 2. The number of rotatable bonds is 2. The molecule has 0 spiro atoms. The number of hydrogen-bond acceptors (Lipinski definition) is 2. The lowest BCUT2D eigenvalue weighted by molar-refractivity contribution is 0.668. The quantitative estimate of drug-likeness (QED) is 0.213. The van der Waals surface area contributed by atoms with Gasteiger partial charge < -0.3 is 8.83 Å². The molecule has 0 fully saturated rings. The Morgan fingerprint density at radius 2 is 0.903 bits per heavy atom. The average Bonchev–Trinajstić information content (AvgIpc) is 3.30. The Hall–Kier alpha value is -3.01. The topological polar surface area (TPSA) is 26.3 Å². The minimum atomic E-state index is -2.45. The predicted molar refractivity (Wildman–Crippen MR) is 134 cm³/mol.